The molecule has 0 unspecified atom stereocenters. The van der Waals surface area contributed by atoms with Gasteiger partial charge in [0.2, 0.25) is 0 Å². The van der Waals surface area contributed by atoms with Crippen LogP contribution in [0.25, 0.3) is 26.4 Å². The largest absolute Gasteiger partial charge is 0.476 e. The third-order valence-electron chi connectivity index (χ3n) is 3.88. The first-order valence-corrected chi connectivity index (χ1v) is 9.53. The predicted octanol–water partition coefficient (Wildman–Crippen LogP) is 3.93. The lowest BCUT2D eigenvalue weighted by atomic mass is 10.3. The molecule has 0 amide bonds. The number of rotatable bonds is 4. The summed E-state index contributed by atoms with van der Waals surface area (Å²) < 4.78 is 2.82. The fourth-order valence-electron chi connectivity index (χ4n) is 2.66. The van der Waals surface area contributed by atoms with Crippen molar-refractivity contribution < 1.29 is 9.90 Å². The Morgan fingerprint density at radius 1 is 1.15 bits per heavy atom. The van der Waals surface area contributed by atoms with Gasteiger partial charge in [0.1, 0.15) is 0 Å². The fraction of sp³-hybridized carbons (Fsp3) is 0. The van der Waals surface area contributed by atoms with Crippen molar-refractivity contribution in [3.8, 4) is 5.13 Å². The molecule has 4 aromatic heterocycles. The molecule has 0 aliphatic rings. The molecule has 0 bridgehead atoms. The van der Waals surface area contributed by atoms with Gasteiger partial charge in [-0.1, -0.05) is 23.5 Å². The number of hydrogen-bond acceptors (Lipinski definition) is 8. The van der Waals surface area contributed by atoms with Gasteiger partial charge in [-0.15, -0.1) is 21.5 Å². The van der Waals surface area contributed by atoms with Gasteiger partial charge in [0.25, 0.3) is 0 Å². The lowest BCUT2D eigenvalue weighted by Crippen LogP contribution is -2.00. The van der Waals surface area contributed by atoms with Crippen molar-refractivity contribution in [2.45, 2.75) is 0 Å². The van der Waals surface area contributed by atoms with Crippen molar-refractivity contribution in [1.82, 2.24) is 24.7 Å². The minimum Gasteiger partial charge on any atom is -0.476 e. The van der Waals surface area contributed by atoms with E-state index >= 15 is 0 Å². The molecule has 4 heterocycles. The number of nitrogens with zero attached hydrogens (tertiary/aromatic N) is 5. The second kappa shape index (κ2) is 6.11. The van der Waals surface area contributed by atoms with Crippen molar-refractivity contribution in [3.63, 3.8) is 0 Å². The Labute approximate surface area is 159 Å². The summed E-state index contributed by atoms with van der Waals surface area (Å²) in [5.41, 5.74) is 1.55. The number of aromatic nitrogens is 5. The molecule has 0 radical (unpaired) electrons. The number of fused-ring (bicyclic) bond motifs is 2. The summed E-state index contributed by atoms with van der Waals surface area (Å²) in [5.74, 6) is -0.466. The number of nitrogens with one attached hydrogen (secondary N) is 1. The van der Waals surface area contributed by atoms with Crippen LogP contribution in [0.3, 0.4) is 0 Å². The molecule has 0 aliphatic heterocycles. The van der Waals surface area contributed by atoms with Gasteiger partial charge in [-0.2, -0.15) is 0 Å². The molecule has 0 fully saturated rings. The summed E-state index contributed by atoms with van der Waals surface area (Å²) in [5, 5.41) is 24.3. The maximum Gasteiger partial charge on any atom is 0.355 e. The van der Waals surface area contributed by atoms with Gasteiger partial charge in [0, 0.05) is 17.0 Å². The van der Waals surface area contributed by atoms with Crippen LogP contribution in [0.1, 0.15) is 10.5 Å². The summed E-state index contributed by atoms with van der Waals surface area (Å²) >= 11 is 2.78. The Kier molecular flexibility index (Phi) is 3.59. The molecule has 132 valence electrons. The van der Waals surface area contributed by atoms with Gasteiger partial charge >= 0.3 is 5.97 Å². The van der Waals surface area contributed by atoms with Crippen LogP contribution >= 0.6 is 22.7 Å². The summed E-state index contributed by atoms with van der Waals surface area (Å²) in [7, 11) is 0. The molecule has 27 heavy (non-hydrogen) atoms. The number of para-hydroxylation sites is 1. The van der Waals surface area contributed by atoms with Gasteiger partial charge in [0.05, 0.1) is 10.2 Å². The molecule has 8 nitrogen and oxygen atoms in total. The monoisotopic (exact) mass is 394 g/mol. The highest BCUT2D eigenvalue weighted by Gasteiger charge is 2.13. The first-order valence-electron chi connectivity index (χ1n) is 7.84. The molecule has 5 rings (SSSR count). The highest BCUT2D eigenvalue weighted by atomic mass is 32.1. The SMILES string of the molecule is O=C(O)c1csc(-n2ccc3cc(Nc4nc5ccccc5s4)nnc32)n1. The molecule has 0 spiro atoms. The molecular formula is C17H10N6O2S2. The third kappa shape index (κ3) is 2.80. The van der Waals surface area contributed by atoms with E-state index in [-0.39, 0.29) is 5.69 Å². The molecule has 0 atom stereocenters. The number of hydrogen-bond donors (Lipinski definition) is 2. The van der Waals surface area contributed by atoms with Crippen molar-refractivity contribution in [2.75, 3.05) is 5.32 Å². The maximum atomic E-state index is 11.0. The Bertz CT molecular complexity index is 1270. The van der Waals surface area contributed by atoms with E-state index in [0.29, 0.717) is 16.6 Å². The summed E-state index contributed by atoms with van der Waals surface area (Å²) in [4.78, 5) is 19.7. The number of carboxylic acids is 1. The van der Waals surface area contributed by atoms with Gasteiger partial charge in [-0.05, 0) is 24.3 Å². The van der Waals surface area contributed by atoms with E-state index in [4.69, 9.17) is 5.11 Å². The van der Waals surface area contributed by atoms with E-state index < -0.39 is 5.97 Å². The van der Waals surface area contributed by atoms with Crippen LogP contribution in [0.15, 0.2) is 48.0 Å². The normalized spacial score (nSPS) is 11.3. The zero-order valence-electron chi connectivity index (χ0n) is 13.5. The maximum absolute atomic E-state index is 11.0. The van der Waals surface area contributed by atoms with Crippen LogP contribution in [0.2, 0.25) is 0 Å². The van der Waals surface area contributed by atoms with Crippen LogP contribution in [0.4, 0.5) is 10.9 Å². The van der Waals surface area contributed by atoms with E-state index in [1.807, 2.05) is 36.4 Å². The molecule has 0 saturated carbocycles. The van der Waals surface area contributed by atoms with Crippen LogP contribution in [0.5, 0.6) is 0 Å². The Balaban J connectivity index is 1.48. The minimum absolute atomic E-state index is 0.0129. The predicted molar refractivity (Wildman–Crippen MR) is 104 cm³/mol. The molecule has 5 aromatic rings. The first-order chi connectivity index (χ1) is 13.2. The number of carbonyl (C=O) groups is 1. The van der Waals surface area contributed by atoms with E-state index in [2.05, 4.69) is 25.5 Å². The van der Waals surface area contributed by atoms with Gasteiger partial charge < -0.3 is 10.4 Å². The standard InChI is InChI=1S/C17H10N6O2S2/c24-15(25)11-8-26-17(19-11)23-6-5-9-7-13(21-22-14(9)23)20-16-18-10-3-1-2-4-12(10)27-16/h1-8H,(H,24,25)(H,18,20,21). The molecule has 2 N–H and O–H groups in total. The summed E-state index contributed by atoms with van der Waals surface area (Å²) in [6.45, 7) is 0. The second-order valence-corrected chi connectivity index (χ2v) is 7.49. The fourth-order valence-corrected chi connectivity index (χ4v) is 4.31. The lowest BCUT2D eigenvalue weighted by Gasteiger charge is -2.02. The molecular weight excluding hydrogens is 384 g/mol. The molecule has 0 aliphatic carbocycles. The van der Waals surface area contributed by atoms with Crippen LogP contribution < -0.4 is 5.32 Å². The Hall–Kier alpha value is -3.37. The molecule has 0 saturated heterocycles. The average molecular weight is 394 g/mol. The van der Waals surface area contributed by atoms with E-state index in [9.17, 15) is 4.79 Å². The third-order valence-corrected chi connectivity index (χ3v) is 5.67. The molecule has 1 aromatic carbocycles. The number of benzene rings is 1. The van der Waals surface area contributed by atoms with Crippen LogP contribution in [-0.4, -0.2) is 35.8 Å². The highest BCUT2D eigenvalue weighted by molar-refractivity contribution is 7.22. The van der Waals surface area contributed by atoms with Gasteiger partial charge in [-0.25, -0.2) is 14.8 Å². The zero-order chi connectivity index (χ0) is 18.4. The van der Waals surface area contributed by atoms with Crippen molar-refractivity contribution in [2.24, 2.45) is 0 Å². The quantitative estimate of drug-likeness (QED) is 0.476. The lowest BCUT2D eigenvalue weighted by molar-refractivity contribution is 0.0691. The van der Waals surface area contributed by atoms with Crippen LogP contribution in [0, 0.1) is 0 Å². The van der Waals surface area contributed by atoms with Gasteiger partial charge in [-0.3, -0.25) is 4.57 Å². The summed E-state index contributed by atoms with van der Waals surface area (Å²) in [6, 6.07) is 11.7. The van der Waals surface area contributed by atoms with Crippen molar-refractivity contribution in [3.05, 3.63) is 53.7 Å². The topological polar surface area (TPSA) is 106 Å². The number of thiazole rings is 2. The number of aromatic carboxylic acids is 1. The Morgan fingerprint density at radius 2 is 2.04 bits per heavy atom. The Morgan fingerprint density at radius 3 is 2.85 bits per heavy atom. The van der Waals surface area contributed by atoms with E-state index in [0.717, 1.165) is 20.7 Å². The molecule has 10 heteroatoms. The zero-order valence-corrected chi connectivity index (χ0v) is 15.2. The van der Waals surface area contributed by atoms with Crippen molar-refractivity contribution >= 4 is 60.8 Å². The number of anilines is 2. The van der Waals surface area contributed by atoms with Crippen LogP contribution in [-0.2, 0) is 0 Å². The first kappa shape index (κ1) is 15.9. The summed E-state index contributed by atoms with van der Waals surface area (Å²) in [6.07, 6.45) is 1.80. The van der Waals surface area contributed by atoms with E-state index in [1.54, 1.807) is 22.1 Å². The smallest absolute Gasteiger partial charge is 0.355 e. The van der Waals surface area contributed by atoms with Gasteiger partial charge in [0.15, 0.2) is 27.4 Å². The minimum atomic E-state index is -1.05. The average Bonchev–Trinajstić information content (AvgIpc) is 3.38. The second-order valence-electron chi connectivity index (χ2n) is 5.63. The number of carboxylic acid groups (broad SMARTS) is 1. The highest BCUT2D eigenvalue weighted by Crippen LogP contribution is 2.28. The van der Waals surface area contributed by atoms with Crippen molar-refractivity contribution in [1.29, 1.82) is 0 Å². The van der Waals surface area contributed by atoms with E-state index in [1.165, 1.54) is 16.7 Å².